The summed E-state index contributed by atoms with van der Waals surface area (Å²) in [6.07, 6.45) is 5.55. The highest BCUT2D eigenvalue weighted by Gasteiger charge is 2.19. The molecular weight excluding hydrogens is 328 g/mol. The second-order valence-corrected chi connectivity index (χ2v) is 6.34. The molecule has 1 atom stereocenters. The molecule has 1 aromatic carbocycles. The third kappa shape index (κ3) is 5.65. The van der Waals surface area contributed by atoms with Crippen molar-refractivity contribution in [1.82, 2.24) is 10.6 Å². The van der Waals surface area contributed by atoms with E-state index in [-0.39, 0.29) is 24.4 Å². The number of carbonyl (C=O) groups is 1. The number of nitrogens with one attached hydrogen (secondary N) is 2. The quantitative estimate of drug-likeness (QED) is 0.823. The summed E-state index contributed by atoms with van der Waals surface area (Å²) in [7, 11) is 0. The van der Waals surface area contributed by atoms with E-state index in [0.29, 0.717) is 25.7 Å². The Hall–Kier alpha value is -1.30. The zero-order valence-electron chi connectivity index (χ0n) is 14.0. The Kier molecular flexibility index (Phi) is 7.82. The number of hydrogen-bond acceptors (Lipinski definition) is 4. The minimum atomic E-state index is 0. The fourth-order valence-corrected chi connectivity index (χ4v) is 3.19. The van der Waals surface area contributed by atoms with Crippen molar-refractivity contribution in [3.63, 3.8) is 0 Å². The maximum absolute atomic E-state index is 12.1. The average molecular weight is 355 g/mol. The molecule has 1 aliphatic carbocycles. The molecule has 5 nitrogen and oxygen atoms in total. The van der Waals surface area contributed by atoms with Crippen molar-refractivity contribution >= 4 is 18.3 Å². The van der Waals surface area contributed by atoms with Crippen molar-refractivity contribution in [1.29, 1.82) is 0 Å². The smallest absolute Gasteiger partial charge is 0.221 e. The fraction of sp³-hybridized carbons (Fsp3) is 0.611. The van der Waals surface area contributed by atoms with Gasteiger partial charge in [-0.15, -0.1) is 12.4 Å². The van der Waals surface area contributed by atoms with E-state index in [1.54, 1.807) is 0 Å². The zero-order valence-corrected chi connectivity index (χ0v) is 14.8. The number of rotatable bonds is 6. The highest BCUT2D eigenvalue weighted by molar-refractivity contribution is 5.85. The van der Waals surface area contributed by atoms with Crippen LogP contribution >= 0.6 is 12.4 Å². The maximum atomic E-state index is 12.1. The number of ether oxygens (including phenoxy) is 2. The average Bonchev–Trinajstić information content (AvgIpc) is 3.08. The molecule has 2 N–H and O–H groups in total. The molecule has 2 fully saturated rings. The van der Waals surface area contributed by atoms with Gasteiger partial charge < -0.3 is 20.1 Å². The van der Waals surface area contributed by atoms with Crippen molar-refractivity contribution in [2.24, 2.45) is 0 Å². The summed E-state index contributed by atoms with van der Waals surface area (Å²) in [5.74, 6) is 0.947. The zero-order chi connectivity index (χ0) is 15.9. The van der Waals surface area contributed by atoms with Crippen LogP contribution in [0.4, 0.5) is 0 Å². The van der Waals surface area contributed by atoms with E-state index in [1.165, 1.54) is 12.8 Å². The molecule has 1 amide bonds. The highest BCUT2D eigenvalue weighted by Crippen LogP contribution is 2.26. The van der Waals surface area contributed by atoms with E-state index in [9.17, 15) is 4.79 Å². The van der Waals surface area contributed by atoms with Crippen molar-refractivity contribution in [2.45, 2.75) is 50.8 Å². The normalized spacial score (nSPS) is 21.1. The van der Waals surface area contributed by atoms with Crippen molar-refractivity contribution < 1.29 is 14.3 Å². The van der Waals surface area contributed by atoms with Gasteiger partial charge in [0, 0.05) is 31.1 Å². The van der Waals surface area contributed by atoms with Gasteiger partial charge in [-0.3, -0.25) is 4.79 Å². The molecule has 1 heterocycles. The van der Waals surface area contributed by atoms with E-state index < -0.39 is 0 Å². The van der Waals surface area contributed by atoms with Gasteiger partial charge in [-0.05, 0) is 31.7 Å². The lowest BCUT2D eigenvalue weighted by atomic mass is 10.1. The van der Waals surface area contributed by atoms with Crippen LogP contribution in [0.3, 0.4) is 0 Å². The Morgan fingerprint density at radius 2 is 2.08 bits per heavy atom. The summed E-state index contributed by atoms with van der Waals surface area (Å²) < 4.78 is 11.5. The summed E-state index contributed by atoms with van der Waals surface area (Å²) in [6, 6.07) is 8.11. The van der Waals surface area contributed by atoms with E-state index >= 15 is 0 Å². The van der Waals surface area contributed by atoms with Gasteiger partial charge in [-0.25, -0.2) is 0 Å². The molecule has 0 radical (unpaired) electrons. The van der Waals surface area contributed by atoms with Gasteiger partial charge in [-0.2, -0.15) is 0 Å². The maximum Gasteiger partial charge on any atom is 0.221 e. The Balaban J connectivity index is 0.00000208. The predicted molar refractivity (Wildman–Crippen MR) is 95.6 cm³/mol. The summed E-state index contributed by atoms with van der Waals surface area (Å²) in [4.78, 5) is 12.1. The van der Waals surface area contributed by atoms with Crippen LogP contribution in [-0.2, 0) is 16.1 Å². The minimum absolute atomic E-state index is 0. The number of halogens is 1. The van der Waals surface area contributed by atoms with Crippen LogP contribution in [0.15, 0.2) is 24.3 Å². The fourth-order valence-electron chi connectivity index (χ4n) is 3.19. The van der Waals surface area contributed by atoms with Gasteiger partial charge in [-0.1, -0.05) is 18.2 Å². The molecule has 6 heteroatoms. The molecule has 0 aromatic heterocycles. The number of carbonyl (C=O) groups excluding carboxylic acids is 1. The molecule has 1 unspecified atom stereocenters. The van der Waals surface area contributed by atoms with Crippen LogP contribution in [0.1, 0.15) is 37.7 Å². The van der Waals surface area contributed by atoms with Crippen LogP contribution in [0.2, 0.25) is 0 Å². The van der Waals surface area contributed by atoms with Crippen LogP contribution in [0.5, 0.6) is 5.75 Å². The molecule has 3 rings (SSSR count). The van der Waals surface area contributed by atoms with E-state index in [0.717, 1.165) is 37.3 Å². The van der Waals surface area contributed by atoms with Gasteiger partial charge in [0.1, 0.15) is 5.75 Å². The van der Waals surface area contributed by atoms with E-state index in [1.807, 2.05) is 24.3 Å². The Bertz CT molecular complexity index is 515. The Morgan fingerprint density at radius 1 is 1.29 bits per heavy atom. The van der Waals surface area contributed by atoms with Gasteiger partial charge in [0.05, 0.1) is 19.3 Å². The van der Waals surface area contributed by atoms with Crippen LogP contribution in [-0.4, -0.2) is 37.8 Å². The third-order valence-corrected chi connectivity index (χ3v) is 4.47. The van der Waals surface area contributed by atoms with Crippen LogP contribution in [0.25, 0.3) is 0 Å². The Morgan fingerprint density at radius 3 is 2.83 bits per heavy atom. The number of amides is 1. The first-order chi connectivity index (χ1) is 11.3. The van der Waals surface area contributed by atoms with Crippen molar-refractivity contribution in [2.75, 3.05) is 19.8 Å². The molecule has 134 valence electrons. The number of para-hydroxylation sites is 1. The lowest BCUT2D eigenvalue weighted by Gasteiger charge is -2.23. The number of hydrogen-bond donors (Lipinski definition) is 2. The van der Waals surface area contributed by atoms with Gasteiger partial charge >= 0.3 is 0 Å². The van der Waals surface area contributed by atoms with Crippen molar-refractivity contribution in [3.05, 3.63) is 29.8 Å². The van der Waals surface area contributed by atoms with Crippen LogP contribution in [0, 0.1) is 0 Å². The summed E-state index contributed by atoms with van der Waals surface area (Å²) in [6.45, 7) is 2.66. The minimum Gasteiger partial charge on any atom is -0.490 e. The predicted octanol–water partition coefficient (Wildman–Crippen LogP) is 2.42. The summed E-state index contributed by atoms with van der Waals surface area (Å²) in [5, 5.41) is 6.29. The molecule has 0 spiro atoms. The Labute approximate surface area is 149 Å². The largest absolute Gasteiger partial charge is 0.490 e. The number of benzene rings is 1. The lowest BCUT2D eigenvalue weighted by Crippen LogP contribution is -2.44. The second-order valence-electron chi connectivity index (χ2n) is 6.34. The molecule has 1 aromatic rings. The second kappa shape index (κ2) is 9.87. The first kappa shape index (κ1) is 19.0. The molecule has 0 bridgehead atoms. The molecule has 2 aliphatic rings. The van der Waals surface area contributed by atoms with Gasteiger partial charge in [0.15, 0.2) is 0 Å². The lowest BCUT2D eigenvalue weighted by molar-refractivity contribution is -0.122. The third-order valence-electron chi connectivity index (χ3n) is 4.47. The first-order valence-corrected chi connectivity index (χ1v) is 8.63. The summed E-state index contributed by atoms with van der Waals surface area (Å²) >= 11 is 0. The van der Waals surface area contributed by atoms with Gasteiger partial charge in [0.25, 0.3) is 0 Å². The van der Waals surface area contributed by atoms with Crippen molar-refractivity contribution in [3.8, 4) is 5.75 Å². The number of morpholine rings is 1. The molecule has 24 heavy (non-hydrogen) atoms. The van der Waals surface area contributed by atoms with Crippen LogP contribution < -0.4 is 15.4 Å². The molecule has 1 aliphatic heterocycles. The standard InChI is InChI=1S/C18H26N2O3.ClH/c21-18(11-15-13-22-10-9-19-15)20-12-14-5-1-4-8-17(14)23-16-6-2-3-7-16;/h1,4-5,8,15-16,19H,2-3,6-7,9-13H2,(H,20,21);1H. The van der Waals surface area contributed by atoms with Gasteiger partial charge in [0.2, 0.25) is 5.91 Å². The molecular formula is C18H27ClN2O3. The van der Waals surface area contributed by atoms with E-state index in [2.05, 4.69) is 10.6 Å². The SMILES string of the molecule is Cl.O=C(CC1COCCN1)NCc1ccccc1OC1CCCC1. The topological polar surface area (TPSA) is 59.6 Å². The van der Waals surface area contributed by atoms with E-state index in [4.69, 9.17) is 9.47 Å². The summed E-state index contributed by atoms with van der Waals surface area (Å²) in [5.41, 5.74) is 1.04. The first-order valence-electron chi connectivity index (χ1n) is 8.63. The highest BCUT2D eigenvalue weighted by atomic mass is 35.5. The molecule has 1 saturated heterocycles. The monoisotopic (exact) mass is 354 g/mol. The molecule has 1 saturated carbocycles.